The Kier molecular flexibility index (Phi) is 4.89. The molecule has 0 aliphatic rings. The second-order valence-corrected chi connectivity index (χ2v) is 5.03. The number of rotatable bonds is 5. The van der Waals surface area contributed by atoms with Crippen LogP contribution >= 0.6 is 0 Å². The number of hydrogen-bond acceptors (Lipinski definition) is 3. The quantitative estimate of drug-likeness (QED) is 0.609. The highest BCUT2D eigenvalue weighted by molar-refractivity contribution is 6.63. The van der Waals surface area contributed by atoms with Gasteiger partial charge in [-0.05, 0) is 27.4 Å². The van der Waals surface area contributed by atoms with Crippen molar-refractivity contribution in [2.24, 2.45) is 0 Å². The van der Waals surface area contributed by atoms with Gasteiger partial charge in [0.25, 0.3) is 0 Å². The molecule has 1 N–H and O–H groups in total. The summed E-state index contributed by atoms with van der Waals surface area (Å²) in [6, 6.07) is 0. The molecule has 0 aromatic carbocycles. The minimum atomic E-state index is -1.97. The Balaban J connectivity index is 3.69. The van der Waals surface area contributed by atoms with E-state index < -0.39 is 8.72 Å². The minimum Gasteiger partial charge on any atom is -0.383 e. The van der Waals surface area contributed by atoms with E-state index in [1.165, 1.54) is 0 Å². The second-order valence-electron chi connectivity index (χ2n) is 2.06. The summed E-state index contributed by atoms with van der Waals surface area (Å²) < 4.78 is 10.8. The molecule has 10 heavy (non-hydrogen) atoms. The molecule has 0 saturated heterocycles. The zero-order valence-corrected chi connectivity index (χ0v) is 8.23. The van der Waals surface area contributed by atoms with Crippen molar-refractivity contribution in [3.63, 3.8) is 0 Å². The van der Waals surface area contributed by atoms with E-state index in [2.05, 4.69) is 4.98 Å². The van der Waals surface area contributed by atoms with Gasteiger partial charge in [-0.15, -0.1) is 0 Å². The lowest BCUT2D eigenvalue weighted by molar-refractivity contribution is 0.181. The molecule has 0 bridgehead atoms. The molecule has 0 saturated carbocycles. The molecule has 0 aromatic rings. The molecule has 62 valence electrons. The fraction of sp³-hybridized carbons (Fsp3) is 1.00. The summed E-state index contributed by atoms with van der Waals surface area (Å²) in [5.41, 5.74) is 0. The van der Waals surface area contributed by atoms with Crippen molar-refractivity contribution in [2.75, 3.05) is 20.3 Å². The molecular weight excluding hydrogens is 146 g/mol. The van der Waals surface area contributed by atoms with Crippen molar-refractivity contribution in [2.45, 2.75) is 20.4 Å². The van der Waals surface area contributed by atoms with E-state index in [1.54, 1.807) is 0 Å². The van der Waals surface area contributed by atoms with Gasteiger partial charge in [0.15, 0.2) is 0 Å². The molecule has 0 radical (unpaired) electrons. The third-order valence-corrected chi connectivity index (χ3v) is 3.88. The highest BCUT2D eigenvalue weighted by Gasteiger charge is 2.28. The van der Waals surface area contributed by atoms with Crippen molar-refractivity contribution in [3.05, 3.63) is 0 Å². The van der Waals surface area contributed by atoms with Crippen molar-refractivity contribution >= 4 is 8.72 Å². The Morgan fingerprint density at radius 2 is 1.60 bits per heavy atom. The zero-order valence-electron chi connectivity index (χ0n) is 7.23. The van der Waals surface area contributed by atoms with Crippen LogP contribution in [0.4, 0.5) is 0 Å². The van der Waals surface area contributed by atoms with Crippen molar-refractivity contribution in [1.82, 2.24) is 4.98 Å². The smallest absolute Gasteiger partial charge is 0.383 e. The maximum Gasteiger partial charge on any atom is 0.421 e. The standard InChI is InChI=1S/C6H17NO2Si/c1-5-8-10(4,7-3)9-6-2/h7H,5-6H2,1-4H3. The van der Waals surface area contributed by atoms with E-state index in [4.69, 9.17) is 8.85 Å². The first-order valence-electron chi connectivity index (χ1n) is 3.65. The Bertz CT molecular complexity index is 83.8. The molecule has 0 aliphatic heterocycles. The summed E-state index contributed by atoms with van der Waals surface area (Å²) in [5, 5.41) is 0. The highest BCUT2D eigenvalue weighted by atomic mass is 28.4. The maximum atomic E-state index is 5.42. The maximum absolute atomic E-state index is 5.42. The molecule has 0 aliphatic carbocycles. The average Bonchev–Trinajstić information content (AvgIpc) is 1.89. The van der Waals surface area contributed by atoms with Gasteiger partial charge >= 0.3 is 8.72 Å². The van der Waals surface area contributed by atoms with Gasteiger partial charge in [0.1, 0.15) is 0 Å². The van der Waals surface area contributed by atoms with Crippen molar-refractivity contribution in [3.8, 4) is 0 Å². The summed E-state index contributed by atoms with van der Waals surface area (Å²) in [6.07, 6.45) is 0. The minimum absolute atomic E-state index is 0.712. The van der Waals surface area contributed by atoms with E-state index in [-0.39, 0.29) is 0 Å². The fourth-order valence-electron chi connectivity index (χ4n) is 0.737. The van der Waals surface area contributed by atoms with Gasteiger partial charge in [-0.25, -0.2) is 0 Å². The molecule has 0 heterocycles. The molecule has 3 nitrogen and oxygen atoms in total. The molecule has 0 rings (SSSR count). The van der Waals surface area contributed by atoms with Gasteiger partial charge in [-0.1, -0.05) is 0 Å². The van der Waals surface area contributed by atoms with E-state index in [0.29, 0.717) is 13.2 Å². The SMILES string of the molecule is CCO[Si](C)(NC)OCC. The first kappa shape index (κ1) is 10.1. The average molecular weight is 163 g/mol. The van der Waals surface area contributed by atoms with E-state index in [1.807, 2.05) is 27.4 Å². The van der Waals surface area contributed by atoms with Crippen LogP contribution in [0.5, 0.6) is 0 Å². The molecule has 0 aromatic heterocycles. The van der Waals surface area contributed by atoms with Crippen LogP contribution in [-0.4, -0.2) is 29.0 Å². The van der Waals surface area contributed by atoms with Crippen LogP contribution in [0.15, 0.2) is 0 Å². The van der Waals surface area contributed by atoms with Gasteiger partial charge in [0.05, 0.1) is 0 Å². The zero-order chi connectivity index (χ0) is 8.04. The van der Waals surface area contributed by atoms with Crippen molar-refractivity contribution in [1.29, 1.82) is 0 Å². The molecule has 0 amide bonds. The third kappa shape index (κ3) is 3.31. The Morgan fingerprint density at radius 1 is 1.20 bits per heavy atom. The van der Waals surface area contributed by atoms with E-state index in [0.717, 1.165) is 0 Å². The van der Waals surface area contributed by atoms with Crippen LogP contribution < -0.4 is 4.98 Å². The van der Waals surface area contributed by atoms with E-state index in [9.17, 15) is 0 Å². The van der Waals surface area contributed by atoms with Gasteiger partial charge in [-0.3, -0.25) is 4.98 Å². The van der Waals surface area contributed by atoms with Crippen LogP contribution in [0.3, 0.4) is 0 Å². The summed E-state index contributed by atoms with van der Waals surface area (Å²) in [7, 11) is -0.101. The number of hydrogen-bond donors (Lipinski definition) is 1. The number of nitrogens with one attached hydrogen (secondary N) is 1. The van der Waals surface area contributed by atoms with Gasteiger partial charge in [0, 0.05) is 13.2 Å². The molecule has 4 heteroatoms. The molecule has 0 spiro atoms. The first-order chi connectivity index (χ1) is 4.68. The lowest BCUT2D eigenvalue weighted by Crippen LogP contribution is -2.51. The van der Waals surface area contributed by atoms with Crippen LogP contribution in [0.1, 0.15) is 13.8 Å². The molecule has 0 unspecified atom stereocenters. The predicted octanol–water partition coefficient (Wildman–Crippen LogP) is 0.847. The van der Waals surface area contributed by atoms with Crippen LogP contribution in [0.25, 0.3) is 0 Å². The lowest BCUT2D eigenvalue weighted by atomic mass is 10.9. The lowest BCUT2D eigenvalue weighted by Gasteiger charge is -2.23. The fourth-order valence-corrected chi connectivity index (χ4v) is 2.21. The monoisotopic (exact) mass is 163 g/mol. The summed E-state index contributed by atoms with van der Waals surface area (Å²) in [6.45, 7) is 7.37. The van der Waals surface area contributed by atoms with Crippen LogP contribution in [0, 0.1) is 0 Å². The highest BCUT2D eigenvalue weighted by Crippen LogP contribution is 2.00. The molecule has 0 fully saturated rings. The van der Waals surface area contributed by atoms with E-state index >= 15 is 0 Å². The summed E-state index contributed by atoms with van der Waals surface area (Å²) >= 11 is 0. The Labute approximate surface area is 64.0 Å². The topological polar surface area (TPSA) is 30.5 Å². The van der Waals surface area contributed by atoms with Gasteiger partial charge in [-0.2, -0.15) is 0 Å². The Hall–Kier alpha value is 0.0969. The van der Waals surface area contributed by atoms with Gasteiger partial charge < -0.3 is 8.85 Å². The Morgan fingerprint density at radius 3 is 1.80 bits per heavy atom. The molecule has 0 atom stereocenters. The summed E-state index contributed by atoms with van der Waals surface area (Å²) in [5.74, 6) is 0. The van der Waals surface area contributed by atoms with Crippen LogP contribution in [0.2, 0.25) is 6.55 Å². The third-order valence-electron chi connectivity index (χ3n) is 1.29. The predicted molar refractivity (Wildman–Crippen MR) is 43.9 cm³/mol. The normalized spacial score (nSPS) is 12.0. The van der Waals surface area contributed by atoms with Crippen LogP contribution in [-0.2, 0) is 8.85 Å². The van der Waals surface area contributed by atoms with Gasteiger partial charge in [0.2, 0.25) is 0 Å². The second kappa shape index (κ2) is 4.84. The summed E-state index contributed by atoms with van der Waals surface area (Å²) in [4.78, 5) is 3.07. The van der Waals surface area contributed by atoms with Crippen molar-refractivity contribution < 1.29 is 8.85 Å². The largest absolute Gasteiger partial charge is 0.421 e. The molecular formula is C6H17NO2Si. The first-order valence-corrected chi connectivity index (χ1v) is 5.97.